The van der Waals surface area contributed by atoms with Crippen molar-refractivity contribution in [2.75, 3.05) is 6.54 Å². The molecule has 0 aliphatic heterocycles. The Morgan fingerprint density at radius 1 is 1.77 bits per heavy atom. The summed E-state index contributed by atoms with van der Waals surface area (Å²) < 4.78 is 1.18. The summed E-state index contributed by atoms with van der Waals surface area (Å²) in [6.07, 6.45) is 2.91. The molecule has 0 amide bonds. The third kappa shape index (κ3) is 2.66. The maximum absolute atomic E-state index is 5.70. The summed E-state index contributed by atoms with van der Waals surface area (Å²) in [7, 11) is 0. The van der Waals surface area contributed by atoms with Gasteiger partial charge in [0.1, 0.15) is 0 Å². The minimum atomic E-state index is 0.0212. The van der Waals surface area contributed by atoms with Gasteiger partial charge in [0.25, 0.3) is 0 Å². The summed E-state index contributed by atoms with van der Waals surface area (Å²) in [5, 5.41) is 2.08. The van der Waals surface area contributed by atoms with Gasteiger partial charge in [-0.1, -0.05) is 13.0 Å². The molecule has 3 heteroatoms. The first-order valence-electron chi connectivity index (χ1n) is 4.17. The van der Waals surface area contributed by atoms with Crippen molar-refractivity contribution in [2.24, 2.45) is 11.1 Å². The maximum Gasteiger partial charge on any atom is 0.0314 e. The van der Waals surface area contributed by atoms with E-state index in [1.807, 2.05) is 6.08 Å². The van der Waals surface area contributed by atoms with Crippen molar-refractivity contribution in [3.8, 4) is 0 Å². The van der Waals surface area contributed by atoms with Gasteiger partial charge >= 0.3 is 0 Å². The second-order valence-corrected chi connectivity index (χ2v) is 5.29. The zero-order valence-corrected chi connectivity index (χ0v) is 10.1. The van der Waals surface area contributed by atoms with Crippen LogP contribution in [0.4, 0.5) is 0 Å². The van der Waals surface area contributed by atoms with Gasteiger partial charge in [-0.05, 0) is 33.8 Å². The Hall–Kier alpha value is -0.120. The third-order valence-electron chi connectivity index (χ3n) is 2.21. The quantitative estimate of drug-likeness (QED) is 0.826. The standard InChI is InChI=1S/C10H14BrNS/c1-3-10(2,7-12)6-9-8(11)4-5-13-9/h3-5H,1,6-7,12H2,2H3. The molecule has 1 aromatic heterocycles. The molecule has 1 aromatic rings. The molecule has 0 bridgehead atoms. The fraction of sp³-hybridized carbons (Fsp3) is 0.400. The molecule has 0 fully saturated rings. The van der Waals surface area contributed by atoms with Crippen LogP contribution >= 0.6 is 27.3 Å². The van der Waals surface area contributed by atoms with E-state index in [4.69, 9.17) is 5.73 Å². The molecule has 2 N–H and O–H groups in total. The molecule has 13 heavy (non-hydrogen) atoms. The number of nitrogens with two attached hydrogens (primary N) is 1. The minimum absolute atomic E-state index is 0.0212. The number of halogens is 1. The summed E-state index contributed by atoms with van der Waals surface area (Å²) in [5.41, 5.74) is 5.72. The van der Waals surface area contributed by atoms with Crippen molar-refractivity contribution in [3.63, 3.8) is 0 Å². The van der Waals surface area contributed by atoms with Gasteiger partial charge in [-0.15, -0.1) is 17.9 Å². The smallest absolute Gasteiger partial charge is 0.0314 e. The molecule has 0 saturated carbocycles. The third-order valence-corrected chi connectivity index (χ3v) is 4.14. The summed E-state index contributed by atoms with van der Waals surface area (Å²) in [6, 6.07) is 2.07. The normalized spacial score (nSPS) is 15.3. The van der Waals surface area contributed by atoms with Crippen molar-refractivity contribution >= 4 is 27.3 Å². The molecule has 1 rings (SSSR count). The molecule has 1 nitrogen and oxygen atoms in total. The van der Waals surface area contributed by atoms with Crippen molar-refractivity contribution in [1.82, 2.24) is 0 Å². The highest BCUT2D eigenvalue weighted by atomic mass is 79.9. The number of rotatable bonds is 4. The first-order chi connectivity index (χ1) is 6.11. The number of thiophene rings is 1. The second-order valence-electron chi connectivity index (χ2n) is 3.43. The fourth-order valence-electron chi connectivity index (χ4n) is 1.05. The van der Waals surface area contributed by atoms with Crippen molar-refractivity contribution in [2.45, 2.75) is 13.3 Å². The van der Waals surface area contributed by atoms with Crippen molar-refractivity contribution in [3.05, 3.63) is 33.5 Å². The van der Waals surface area contributed by atoms with E-state index in [-0.39, 0.29) is 5.41 Å². The van der Waals surface area contributed by atoms with Crippen LogP contribution in [0, 0.1) is 5.41 Å². The largest absolute Gasteiger partial charge is 0.330 e. The highest BCUT2D eigenvalue weighted by Gasteiger charge is 2.20. The molecule has 0 aromatic carbocycles. The van der Waals surface area contributed by atoms with Crippen LogP contribution in [0.25, 0.3) is 0 Å². The zero-order chi connectivity index (χ0) is 9.90. The van der Waals surface area contributed by atoms with Crippen molar-refractivity contribution in [1.29, 1.82) is 0 Å². The lowest BCUT2D eigenvalue weighted by Gasteiger charge is -2.22. The second kappa shape index (κ2) is 4.40. The summed E-state index contributed by atoms with van der Waals surface area (Å²) in [5.74, 6) is 0. The average molecular weight is 260 g/mol. The van der Waals surface area contributed by atoms with Gasteiger partial charge < -0.3 is 5.73 Å². The maximum atomic E-state index is 5.70. The highest BCUT2D eigenvalue weighted by molar-refractivity contribution is 9.10. The van der Waals surface area contributed by atoms with E-state index < -0.39 is 0 Å². The minimum Gasteiger partial charge on any atom is -0.330 e. The Morgan fingerprint density at radius 2 is 2.46 bits per heavy atom. The van der Waals surface area contributed by atoms with Gasteiger partial charge in [0, 0.05) is 21.3 Å². The Labute approximate surface area is 91.8 Å². The summed E-state index contributed by atoms with van der Waals surface area (Å²) >= 11 is 5.27. The average Bonchev–Trinajstić information content (AvgIpc) is 2.52. The molecule has 1 heterocycles. The van der Waals surface area contributed by atoms with E-state index in [1.165, 1.54) is 9.35 Å². The Balaban J connectivity index is 2.78. The number of hydrogen-bond donors (Lipinski definition) is 1. The van der Waals surface area contributed by atoms with Gasteiger partial charge in [-0.2, -0.15) is 0 Å². The van der Waals surface area contributed by atoms with E-state index in [0.717, 1.165) is 6.42 Å². The van der Waals surface area contributed by atoms with E-state index in [2.05, 4.69) is 40.9 Å². The van der Waals surface area contributed by atoms with Crippen LogP contribution in [0.5, 0.6) is 0 Å². The van der Waals surface area contributed by atoms with Crippen LogP contribution in [0.3, 0.4) is 0 Å². The van der Waals surface area contributed by atoms with Gasteiger partial charge in [0.2, 0.25) is 0 Å². The summed E-state index contributed by atoms with van der Waals surface area (Å²) in [6.45, 7) is 6.59. The predicted octanol–water partition coefficient (Wildman–Crippen LogP) is 3.20. The van der Waals surface area contributed by atoms with E-state index in [9.17, 15) is 0 Å². The summed E-state index contributed by atoms with van der Waals surface area (Å²) in [4.78, 5) is 1.34. The molecule has 1 atom stereocenters. The van der Waals surface area contributed by atoms with Gasteiger partial charge in [-0.25, -0.2) is 0 Å². The number of hydrogen-bond acceptors (Lipinski definition) is 2. The predicted molar refractivity (Wildman–Crippen MR) is 63.1 cm³/mol. The van der Waals surface area contributed by atoms with Crippen LogP contribution < -0.4 is 5.73 Å². The van der Waals surface area contributed by atoms with Crippen LogP contribution in [-0.2, 0) is 6.42 Å². The van der Waals surface area contributed by atoms with Gasteiger partial charge in [-0.3, -0.25) is 0 Å². The molecule has 0 aliphatic carbocycles. The van der Waals surface area contributed by atoms with E-state index in [1.54, 1.807) is 11.3 Å². The van der Waals surface area contributed by atoms with E-state index in [0.29, 0.717) is 6.54 Å². The monoisotopic (exact) mass is 259 g/mol. The van der Waals surface area contributed by atoms with Crippen molar-refractivity contribution < 1.29 is 0 Å². The molecule has 72 valence electrons. The van der Waals surface area contributed by atoms with Gasteiger partial charge in [0.05, 0.1) is 0 Å². The van der Waals surface area contributed by atoms with Crippen LogP contribution in [0.15, 0.2) is 28.6 Å². The topological polar surface area (TPSA) is 26.0 Å². The highest BCUT2D eigenvalue weighted by Crippen LogP contribution is 2.30. The molecular weight excluding hydrogens is 246 g/mol. The Bertz CT molecular complexity index is 295. The first kappa shape index (κ1) is 11.0. The molecule has 1 unspecified atom stereocenters. The lowest BCUT2D eigenvalue weighted by molar-refractivity contribution is 0.442. The lowest BCUT2D eigenvalue weighted by atomic mass is 9.86. The van der Waals surface area contributed by atoms with Crippen LogP contribution in [0.1, 0.15) is 11.8 Å². The Kier molecular flexibility index (Phi) is 3.71. The van der Waals surface area contributed by atoms with Crippen LogP contribution in [0.2, 0.25) is 0 Å². The van der Waals surface area contributed by atoms with Gasteiger partial charge in [0.15, 0.2) is 0 Å². The van der Waals surface area contributed by atoms with Crippen LogP contribution in [-0.4, -0.2) is 6.54 Å². The fourth-order valence-corrected chi connectivity index (χ4v) is 2.74. The molecule has 0 saturated heterocycles. The zero-order valence-electron chi connectivity index (χ0n) is 7.72. The first-order valence-corrected chi connectivity index (χ1v) is 5.84. The Morgan fingerprint density at radius 3 is 2.85 bits per heavy atom. The molecule has 0 radical (unpaired) electrons. The molecular formula is C10H14BrNS. The lowest BCUT2D eigenvalue weighted by Crippen LogP contribution is -2.26. The SMILES string of the molecule is C=CC(C)(CN)Cc1sccc1Br. The molecule has 0 aliphatic rings. The van der Waals surface area contributed by atoms with E-state index >= 15 is 0 Å². The molecule has 0 spiro atoms.